The normalized spacial score (nSPS) is 16.6. The minimum Gasteiger partial charge on any atom is -0.468 e. The molecular weight excluding hydrogens is 218 g/mol. The lowest BCUT2D eigenvalue weighted by Gasteiger charge is -2.31. The van der Waals surface area contributed by atoms with Crippen LogP contribution >= 0.6 is 0 Å². The van der Waals surface area contributed by atoms with Crippen molar-refractivity contribution in [1.29, 1.82) is 0 Å². The molecule has 0 saturated carbocycles. The lowest BCUT2D eigenvalue weighted by molar-refractivity contribution is -0.152. The maximum atomic E-state index is 11.8. The molecule has 0 spiro atoms. The standard InChI is InChI=1S/C13H27NO3/c1-7-8-11(4)17-9-13(5,12(15)16-6)14-10(2)3/h10-11,14H,7-9H2,1-6H3. The molecule has 1 N–H and O–H groups in total. The van der Waals surface area contributed by atoms with E-state index in [0.717, 1.165) is 12.8 Å². The van der Waals surface area contributed by atoms with Gasteiger partial charge in [0.1, 0.15) is 5.54 Å². The molecule has 0 rings (SSSR count). The molecule has 2 atom stereocenters. The van der Waals surface area contributed by atoms with Gasteiger partial charge in [0.25, 0.3) is 0 Å². The number of esters is 1. The summed E-state index contributed by atoms with van der Waals surface area (Å²) in [5.41, 5.74) is -0.773. The predicted octanol–water partition coefficient (Wildman–Crippen LogP) is 2.12. The van der Waals surface area contributed by atoms with E-state index < -0.39 is 5.54 Å². The fourth-order valence-corrected chi connectivity index (χ4v) is 1.82. The minimum atomic E-state index is -0.773. The second-order valence-corrected chi connectivity index (χ2v) is 5.03. The highest BCUT2D eigenvalue weighted by molar-refractivity contribution is 5.80. The Labute approximate surface area is 105 Å². The van der Waals surface area contributed by atoms with Crippen LogP contribution in [-0.4, -0.2) is 37.4 Å². The van der Waals surface area contributed by atoms with E-state index in [9.17, 15) is 4.79 Å². The number of rotatable bonds is 8. The molecule has 0 radical (unpaired) electrons. The zero-order valence-electron chi connectivity index (χ0n) is 12.0. The van der Waals surface area contributed by atoms with Crippen molar-refractivity contribution in [2.45, 2.75) is 65.1 Å². The van der Waals surface area contributed by atoms with Crippen LogP contribution < -0.4 is 5.32 Å². The SMILES string of the molecule is CCCC(C)OCC(C)(NC(C)C)C(=O)OC. The third-order valence-electron chi connectivity index (χ3n) is 2.59. The Kier molecular flexibility index (Phi) is 7.39. The van der Waals surface area contributed by atoms with Crippen LogP contribution in [0.4, 0.5) is 0 Å². The first-order chi connectivity index (χ1) is 7.85. The Morgan fingerprint density at radius 1 is 1.35 bits per heavy atom. The van der Waals surface area contributed by atoms with Gasteiger partial charge in [0.15, 0.2) is 0 Å². The van der Waals surface area contributed by atoms with Crippen molar-refractivity contribution in [2.24, 2.45) is 0 Å². The molecule has 0 aromatic rings. The van der Waals surface area contributed by atoms with Gasteiger partial charge in [-0.3, -0.25) is 5.32 Å². The monoisotopic (exact) mass is 245 g/mol. The van der Waals surface area contributed by atoms with E-state index in [2.05, 4.69) is 12.2 Å². The van der Waals surface area contributed by atoms with Crippen LogP contribution in [0.2, 0.25) is 0 Å². The van der Waals surface area contributed by atoms with E-state index in [0.29, 0.717) is 6.61 Å². The molecule has 0 aliphatic rings. The van der Waals surface area contributed by atoms with Crippen LogP contribution in [0.15, 0.2) is 0 Å². The van der Waals surface area contributed by atoms with Crippen LogP contribution in [0.5, 0.6) is 0 Å². The average molecular weight is 245 g/mol. The van der Waals surface area contributed by atoms with Crippen LogP contribution in [0, 0.1) is 0 Å². The summed E-state index contributed by atoms with van der Waals surface area (Å²) in [6, 6.07) is 0.198. The summed E-state index contributed by atoms with van der Waals surface area (Å²) in [4.78, 5) is 11.8. The molecule has 0 aliphatic carbocycles. The Hall–Kier alpha value is -0.610. The summed E-state index contributed by atoms with van der Waals surface area (Å²) in [5, 5.41) is 3.20. The molecule has 102 valence electrons. The number of hydrogen-bond donors (Lipinski definition) is 1. The van der Waals surface area contributed by atoms with Gasteiger partial charge in [-0.2, -0.15) is 0 Å². The summed E-state index contributed by atoms with van der Waals surface area (Å²) >= 11 is 0. The van der Waals surface area contributed by atoms with E-state index in [4.69, 9.17) is 9.47 Å². The third kappa shape index (κ3) is 6.03. The van der Waals surface area contributed by atoms with Gasteiger partial charge in [-0.05, 0) is 34.1 Å². The van der Waals surface area contributed by atoms with Crippen molar-refractivity contribution in [2.75, 3.05) is 13.7 Å². The van der Waals surface area contributed by atoms with Gasteiger partial charge in [-0.25, -0.2) is 4.79 Å². The zero-order chi connectivity index (χ0) is 13.5. The lowest BCUT2D eigenvalue weighted by Crippen LogP contribution is -2.56. The molecule has 0 aliphatic heterocycles. The molecule has 0 aromatic heterocycles. The lowest BCUT2D eigenvalue weighted by atomic mass is 10.0. The van der Waals surface area contributed by atoms with Gasteiger partial charge in [0, 0.05) is 6.04 Å². The molecule has 0 fully saturated rings. The molecule has 0 aromatic carbocycles. The Morgan fingerprint density at radius 2 is 1.94 bits per heavy atom. The molecule has 2 unspecified atom stereocenters. The summed E-state index contributed by atoms with van der Waals surface area (Å²) in [6.45, 7) is 10.3. The van der Waals surface area contributed by atoms with Crippen molar-refractivity contribution >= 4 is 5.97 Å². The molecule has 0 heterocycles. The third-order valence-corrected chi connectivity index (χ3v) is 2.59. The minimum absolute atomic E-state index is 0.165. The van der Waals surface area contributed by atoms with Crippen LogP contribution in [0.1, 0.15) is 47.5 Å². The topological polar surface area (TPSA) is 47.6 Å². The van der Waals surface area contributed by atoms with Crippen LogP contribution in [-0.2, 0) is 14.3 Å². The highest BCUT2D eigenvalue weighted by Crippen LogP contribution is 2.12. The quantitative estimate of drug-likeness (QED) is 0.665. The Bertz CT molecular complexity index is 231. The summed E-state index contributed by atoms with van der Waals surface area (Å²) in [7, 11) is 1.40. The van der Waals surface area contributed by atoms with E-state index in [1.165, 1.54) is 7.11 Å². The summed E-state index contributed by atoms with van der Waals surface area (Å²) < 4.78 is 10.5. The molecular formula is C13H27NO3. The molecule has 0 saturated heterocycles. The van der Waals surface area contributed by atoms with Crippen LogP contribution in [0.3, 0.4) is 0 Å². The predicted molar refractivity (Wildman–Crippen MR) is 69.0 cm³/mol. The van der Waals surface area contributed by atoms with E-state index in [1.54, 1.807) is 0 Å². The van der Waals surface area contributed by atoms with E-state index in [-0.39, 0.29) is 18.1 Å². The van der Waals surface area contributed by atoms with E-state index >= 15 is 0 Å². The van der Waals surface area contributed by atoms with Crippen molar-refractivity contribution in [3.8, 4) is 0 Å². The van der Waals surface area contributed by atoms with Crippen molar-refractivity contribution in [3.05, 3.63) is 0 Å². The number of nitrogens with one attached hydrogen (secondary N) is 1. The Balaban J connectivity index is 4.43. The van der Waals surface area contributed by atoms with E-state index in [1.807, 2.05) is 27.7 Å². The number of hydrogen-bond acceptors (Lipinski definition) is 4. The van der Waals surface area contributed by atoms with Crippen molar-refractivity contribution in [3.63, 3.8) is 0 Å². The molecule has 4 heteroatoms. The second kappa shape index (κ2) is 7.67. The summed E-state index contributed by atoms with van der Waals surface area (Å²) in [5.74, 6) is -0.283. The fraction of sp³-hybridized carbons (Fsp3) is 0.923. The van der Waals surface area contributed by atoms with Crippen LogP contribution in [0.25, 0.3) is 0 Å². The first-order valence-electron chi connectivity index (χ1n) is 6.33. The van der Waals surface area contributed by atoms with Gasteiger partial charge in [-0.15, -0.1) is 0 Å². The number of carbonyl (C=O) groups excluding carboxylic acids is 1. The second-order valence-electron chi connectivity index (χ2n) is 5.03. The molecule has 0 bridgehead atoms. The largest absolute Gasteiger partial charge is 0.468 e. The van der Waals surface area contributed by atoms with Crippen molar-refractivity contribution < 1.29 is 14.3 Å². The molecule has 4 nitrogen and oxygen atoms in total. The smallest absolute Gasteiger partial charge is 0.328 e. The van der Waals surface area contributed by atoms with Gasteiger partial charge < -0.3 is 9.47 Å². The van der Waals surface area contributed by atoms with Gasteiger partial charge in [-0.1, -0.05) is 13.3 Å². The number of ether oxygens (including phenoxy) is 2. The highest BCUT2D eigenvalue weighted by Gasteiger charge is 2.35. The number of methoxy groups -OCH3 is 1. The first kappa shape index (κ1) is 16.4. The van der Waals surface area contributed by atoms with Gasteiger partial charge in [0.05, 0.1) is 19.8 Å². The first-order valence-corrected chi connectivity index (χ1v) is 6.33. The summed E-state index contributed by atoms with van der Waals surface area (Å²) in [6.07, 6.45) is 2.24. The van der Waals surface area contributed by atoms with Gasteiger partial charge >= 0.3 is 5.97 Å². The molecule has 17 heavy (non-hydrogen) atoms. The fourth-order valence-electron chi connectivity index (χ4n) is 1.82. The zero-order valence-corrected chi connectivity index (χ0v) is 12.0. The van der Waals surface area contributed by atoms with Gasteiger partial charge in [0.2, 0.25) is 0 Å². The number of carbonyl (C=O) groups is 1. The Morgan fingerprint density at radius 3 is 2.35 bits per heavy atom. The maximum absolute atomic E-state index is 11.8. The highest BCUT2D eigenvalue weighted by atomic mass is 16.5. The maximum Gasteiger partial charge on any atom is 0.328 e. The average Bonchev–Trinajstić information content (AvgIpc) is 2.25. The molecule has 0 amide bonds. The van der Waals surface area contributed by atoms with Crippen molar-refractivity contribution in [1.82, 2.24) is 5.32 Å².